The van der Waals surface area contributed by atoms with Crippen molar-refractivity contribution in [2.75, 3.05) is 0 Å². The van der Waals surface area contributed by atoms with Gasteiger partial charge in [-0.05, 0) is 56.2 Å². The number of benzene rings is 1. The standard InChI is InChI=1S/C22H26N4O2/c27-22(6-1-3-16-13-24-25-14-16)26-18-7-9-19(10-8-18)28-21-5-2-4-17-15-23-12-11-20(17)21/h2,4-5,11-15,18-19H,1,3,6-10H2,(H,24,25)(H,26,27). The van der Waals surface area contributed by atoms with Gasteiger partial charge in [0.2, 0.25) is 5.91 Å². The summed E-state index contributed by atoms with van der Waals surface area (Å²) < 4.78 is 6.28. The molecular formula is C22H26N4O2. The Morgan fingerprint density at radius 3 is 2.89 bits per heavy atom. The molecule has 0 aliphatic heterocycles. The van der Waals surface area contributed by atoms with Crippen molar-refractivity contribution in [3.8, 4) is 5.75 Å². The van der Waals surface area contributed by atoms with Crippen molar-refractivity contribution in [2.45, 2.75) is 57.1 Å². The normalized spacial score (nSPS) is 19.4. The molecule has 3 aromatic rings. The van der Waals surface area contributed by atoms with Crippen LogP contribution in [0.2, 0.25) is 0 Å². The first-order chi connectivity index (χ1) is 13.8. The van der Waals surface area contributed by atoms with E-state index in [1.807, 2.05) is 42.9 Å². The van der Waals surface area contributed by atoms with Gasteiger partial charge in [-0.25, -0.2) is 0 Å². The number of carbonyl (C=O) groups is 1. The molecule has 6 nitrogen and oxygen atoms in total. The molecule has 1 fully saturated rings. The van der Waals surface area contributed by atoms with Crippen LogP contribution in [0.4, 0.5) is 0 Å². The van der Waals surface area contributed by atoms with Crippen molar-refractivity contribution in [1.29, 1.82) is 0 Å². The fourth-order valence-electron chi connectivity index (χ4n) is 3.87. The maximum atomic E-state index is 12.2. The third kappa shape index (κ3) is 4.68. The molecule has 0 saturated heterocycles. The largest absolute Gasteiger partial charge is 0.490 e. The number of pyridine rings is 1. The molecule has 2 aromatic heterocycles. The van der Waals surface area contributed by atoms with Gasteiger partial charge in [-0.15, -0.1) is 0 Å². The van der Waals surface area contributed by atoms with E-state index in [1.54, 1.807) is 6.20 Å². The molecule has 0 unspecified atom stereocenters. The number of rotatable bonds is 7. The molecule has 2 heterocycles. The molecule has 6 heteroatoms. The summed E-state index contributed by atoms with van der Waals surface area (Å²) >= 11 is 0. The van der Waals surface area contributed by atoms with E-state index in [1.165, 1.54) is 0 Å². The minimum absolute atomic E-state index is 0.148. The fourth-order valence-corrected chi connectivity index (χ4v) is 3.87. The Hall–Kier alpha value is -2.89. The Balaban J connectivity index is 1.21. The molecule has 28 heavy (non-hydrogen) atoms. The third-order valence-corrected chi connectivity index (χ3v) is 5.40. The van der Waals surface area contributed by atoms with E-state index < -0.39 is 0 Å². The number of carbonyl (C=O) groups excluding carboxylic acids is 1. The summed E-state index contributed by atoms with van der Waals surface area (Å²) in [5.74, 6) is 1.07. The van der Waals surface area contributed by atoms with E-state index >= 15 is 0 Å². The Bertz CT molecular complexity index is 897. The number of aromatic amines is 1. The van der Waals surface area contributed by atoms with Crippen LogP contribution in [0.25, 0.3) is 10.8 Å². The minimum Gasteiger partial charge on any atom is -0.490 e. The highest BCUT2D eigenvalue weighted by Crippen LogP contribution is 2.29. The number of hydrogen-bond acceptors (Lipinski definition) is 4. The van der Waals surface area contributed by atoms with Gasteiger partial charge in [0.1, 0.15) is 5.75 Å². The third-order valence-electron chi connectivity index (χ3n) is 5.40. The highest BCUT2D eigenvalue weighted by atomic mass is 16.5. The number of nitrogens with zero attached hydrogens (tertiary/aromatic N) is 2. The topological polar surface area (TPSA) is 79.9 Å². The summed E-state index contributed by atoms with van der Waals surface area (Å²) in [5, 5.41) is 12.1. The maximum absolute atomic E-state index is 12.2. The van der Waals surface area contributed by atoms with Crippen molar-refractivity contribution in [3.05, 3.63) is 54.6 Å². The van der Waals surface area contributed by atoms with E-state index in [2.05, 4.69) is 20.5 Å². The molecule has 1 aliphatic rings. The number of aryl methyl sites for hydroxylation is 1. The second kappa shape index (κ2) is 8.87. The van der Waals surface area contributed by atoms with Gasteiger partial charge in [-0.2, -0.15) is 5.10 Å². The van der Waals surface area contributed by atoms with Gasteiger partial charge in [-0.3, -0.25) is 14.9 Å². The SMILES string of the molecule is O=C(CCCc1cn[nH]c1)NC1CCC(Oc2cccc3cnccc23)CC1. The minimum atomic E-state index is 0.148. The highest BCUT2D eigenvalue weighted by Gasteiger charge is 2.24. The van der Waals surface area contributed by atoms with Gasteiger partial charge in [0.15, 0.2) is 0 Å². The molecule has 0 spiro atoms. The van der Waals surface area contributed by atoms with Crippen molar-refractivity contribution in [3.63, 3.8) is 0 Å². The van der Waals surface area contributed by atoms with Crippen LogP contribution in [0, 0.1) is 0 Å². The van der Waals surface area contributed by atoms with Crippen molar-refractivity contribution < 1.29 is 9.53 Å². The molecule has 2 N–H and O–H groups in total. The van der Waals surface area contributed by atoms with Crippen LogP contribution in [0.15, 0.2) is 49.1 Å². The molecule has 0 bridgehead atoms. The molecule has 1 aromatic carbocycles. The lowest BCUT2D eigenvalue weighted by Crippen LogP contribution is -2.39. The second-order valence-electron chi connectivity index (χ2n) is 7.47. The lowest BCUT2D eigenvalue weighted by atomic mass is 9.92. The Labute approximate surface area is 164 Å². The number of nitrogens with one attached hydrogen (secondary N) is 2. The monoisotopic (exact) mass is 378 g/mol. The summed E-state index contributed by atoms with van der Waals surface area (Å²) in [6, 6.07) is 8.34. The van der Waals surface area contributed by atoms with Crippen LogP contribution in [-0.4, -0.2) is 33.2 Å². The van der Waals surface area contributed by atoms with Gasteiger partial charge < -0.3 is 10.1 Å². The Morgan fingerprint density at radius 2 is 2.07 bits per heavy atom. The van der Waals surface area contributed by atoms with E-state index in [-0.39, 0.29) is 18.1 Å². The predicted molar refractivity (Wildman–Crippen MR) is 108 cm³/mol. The van der Waals surface area contributed by atoms with Crippen LogP contribution < -0.4 is 10.1 Å². The van der Waals surface area contributed by atoms with E-state index in [4.69, 9.17) is 4.74 Å². The first-order valence-electron chi connectivity index (χ1n) is 10.0. The van der Waals surface area contributed by atoms with Gasteiger partial charge in [-0.1, -0.05) is 12.1 Å². The average Bonchev–Trinajstić information content (AvgIpc) is 3.23. The Morgan fingerprint density at radius 1 is 1.18 bits per heavy atom. The smallest absolute Gasteiger partial charge is 0.220 e. The van der Waals surface area contributed by atoms with Crippen LogP contribution >= 0.6 is 0 Å². The number of ether oxygens (including phenoxy) is 1. The van der Waals surface area contributed by atoms with Crippen LogP contribution in [0.5, 0.6) is 5.75 Å². The highest BCUT2D eigenvalue weighted by molar-refractivity contribution is 5.87. The number of aromatic nitrogens is 3. The van der Waals surface area contributed by atoms with E-state index in [0.717, 1.165) is 60.6 Å². The van der Waals surface area contributed by atoms with E-state index in [0.29, 0.717) is 6.42 Å². The lowest BCUT2D eigenvalue weighted by Gasteiger charge is -2.30. The number of fused-ring (bicyclic) bond motifs is 1. The van der Waals surface area contributed by atoms with Crippen molar-refractivity contribution in [1.82, 2.24) is 20.5 Å². The maximum Gasteiger partial charge on any atom is 0.220 e. The summed E-state index contributed by atoms with van der Waals surface area (Å²) in [5.41, 5.74) is 1.15. The molecule has 4 rings (SSSR count). The lowest BCUT2D eigenvalue weighted by molar-refractivity contribution is -0.122. The number of hydrogen-bond donors (Lipinski definition) is 2. The first-order valence-corrected chi connectivity index (χ1v) is 10.0. The van der Waals surface area contributed by atoms with Crippen molar-refractivity contribution >= 4 is 16.7 Å². The zero-order valence-corrected chi connectivity index (χ0v) is 15.9. The van der Waals surface area contributed by atoms with Gasteiger partial charge >= 0.3 is 0 Å². The van der Waals surface area contributed by atoms with Crippen LogP contribution in [-0.2, 0) is 11.2 Å². The second-order valence-corrected chi connectivity index (χ2v) is 7.47. The molecule has 146 valence electrons. The Kier molecular flexibility index (Phi) is 5.85. The molecule has 1 amide bonds. The fraction of sp³-hybridized carbons (Fsp3) is 0.409. The zero-order chi connectivity index (χ0) is 19.2. The van der Waals surface area contributed by atoms with Crippen molar-refractivity contribution in [2.24, 2.45) is 0 Å². The average molecular weight is 378 g/mol. The van der Waals surface area contributed by atoms with Gasteiger partial charge in [0, 0.05) is 41.8 Å². The molecule has 1 aliphatic carbocycles. The summed E-state index contributed by atoms with van der Waals surface area (Å²) in [7, 11) is 0. The number of H-pyrrole nitrogens is 1. The first kappa shape index (κ1) is 18.5. The van der Waals surface area contributed by atoms with Crippen LogP contribution in [0.1, 0.15) is 44.1 Å². The summed E-state index contributed by atoms with van der Waals surface area (Å²) in [4.78, 5) is 16.4. The van der Waals surface area contributed by atoms with Gasteiger partial charge in [0.05, 0.1) is 12.3 Å². The molecule has 1 saturated carbocycles. The number of amides is 1. The molecular weight excluding hydrogens is 352 g/mol. The molecule has 0 radical (unpaired) electrons. The van der Waals surface area contributed by atoms with Crippen LogP contribution in [0.3, 0.4) is 0 Å². The predicted octanol–water partition coefficient (Wildman–Crippen LogP) is 3.79. The zero-order valence-electron chi connectivity index (χ0n) is 15.9. The summed E-state index contributed by atoms with van der Waals surface area (Å²) in [6.07, 6.45) is 13.7. The summed E-state index contributed by atoms with van der Waals surface area (Å²) in [6.45, 7) is 0. The van der Waals surface area contributed by atoms with Gasteiger partial charge in [0.25, 0.3) is 0 Å². The molecule has 0 atom stereocenters. The van der Waals surface area contributed by atoms with E-state index in [9.17, 15) is 4.79 Å². The quantitative estimate of drug-likeness (QED) is 0.656.